The first-order chi connectivity index (χ1) is 9.21. The summed E-state index contributed by atoms with van der Waals surface area (Å²) in [7, 11) is 0. The molecule has 2 rings (SSSR count). The molecule has 5 nitrogen and oxygen atoms in total. The molecule has 1 saturated heterocycles. The van der Waals surface area contributed by atoms with Gasteiger partial charge in [0.05, 0.1) is 12.1 Å². The molecule has 0 atom stereocenters. The molecule has 2 N–H and O–H groups in total. The quantitative estimate of drug-likeness (QED) is 0.811. The lowest BCUT2D eigenvalue weighted by Gasteiger charge is -2.37. The Labute approximate surface area is 118 Å². The van der Waals surface area contributed by atoms with E-state index >= 15 is 0 Å². The average molecular weight is 286 g/mol. The Kier molecular flexibility index (Phi) is 4.96. The van der Waals surface area contributed by atoms with Crippen LogP contribution in [0, 0.1) is 0 Å². The molecular formula is C13H20ClN3O2. The van der Waals surface area contributed by atoms with E-state index in [-0.39, 0.29) is 12.1 Å². The van der Waals surface area contributed by atoms with E-state index in [2.05, 4.69) is 22.2 Å². The Morgan fingerprint density at radius 1 is 1.42 bits per heavy atom. The van der Waals surface area contributed by atoms with Gasteiger partial charge in [0.25, 0.3) is 0 Å². The maximum absolute atomic E-state index is 9.70. The largest absolute Gasteiger partial charge is 0.394 e. The highest BCUT2D eigenvalue weighted by Gasteiger charge is 2.33. The van der Waals surface area contributed by atoms with Crippen molar-refractivity contribution in [2.24, 2.45) is 0 Å². The number of hydrogen-bond acceptors (Lipinski definition) is 5. The molecule has 0 radical (unpaired) electrons. The van der Waals surface area contributed by atoms with Crippen LogP contribution in [-0.2, 0) is 11.2 Å². The summed E-state index contributed by atoms with van der Waals surface area (Å²) in [5, 5.41) is 13.6. The van der Waals surface area contributed by atoms with Crippen molar-refractivity contribution in [2.75, 3.05) is 25.1 Å². The fraction of sp³-hybridized carbons (Fsp3) is 0.692. The minimum absolute atomic E-state index is 0.0591. The smallest absolute Gasteiger partial charge is 0.137 e. The Hall–Kier alpha value is -0.910. The van der Waals surface area contributed by atoms with Gasteiger partial charge in [-0.25, -0.2) is 9.97 Å². The van der Waals surface area contributed by atoms with Crippen LogP contribution in [0.1, 0.15) is 31.7 Å². The Bertz CT molecular complexity index is 422. The third-order valence-electron chi connectivity index (χ3n) is 3.53. The number of hydrogen-bond donors (Lipinski definition) is 2. The van der Waals surface area contributed by atoms with Crippen LogP contribution in [0.5, 0.6) is 0 Å². The molecule has 1 aliphatic heterocycles. The fourth-order valence-electron chi connectivity index (χ4n) is 2.31. The summed E-state index contributed by atoms with van der Waals surface area (Å²) in [6.07, 6.45) is 4.76. The molecule has 0 aromatic carbocycles. The number of ether oxygens (including phenoxy) is 1. The van der Waals surface area contributed by atoms with Gasteiger partial charge in [-0.1, -0.05) is 24.9 Å². The van der Waals surface area contributed by atoms with Crippen molar-refractivity contribution in [1.82, 2.24) is 9.97 Å². The van der Waals surface area contributed by atoms with Gasteiger partial charge in [0, 0.05) is 18.8 Å². The SMILES string of the molecule is CCCc1c(Cl)ncnc1NC1(CO)CCOCC1. The number of aliphatic hydroxyl groups excluding tert-OH is 1. The molecule has 0 amide bonds. The number of nitrogens with zero attached hydrogens (tertiary/aromatic N) is 2. The molecule has 1 fully saturated rings. The molecule has 106 valence electrons. The third kappa shape index (κ3) is 3.35. The minimum atomic E-state index is -0.363. The van der Waals surface area contributed by atoms with E-state index in [1.54, 1.807) is 0 Å². The van der Waals surface area contributed by atoms with Crippen LogP contribution in [0.2, 0.25) is 5.15 Å². The van der Waals surface area contributed by atoms with E-state index in [1.807, 2.05) is 0 Å². The zero-order chi connectivity index (χ0) is 13.7. The summed E-state index contributed by atoms with van der Waals surface area (Å²) < 4.78 is 5.36. The molecule has 0 aliphatic carbocycles. The second-order valence-corrected chi connectivity index (χ2v) is 5.28. The van der Waals surface area contributed by atoms with Crippen LogP contribution in [0.3, 0.4) is 0 Å². The molecule has 1 aromatic heterocycles. The molecular weight excluding hydrogens is 266 g/mol. The third-order valence-corrected chi connectivity index (χ3v) is 3.85. The van der Waals surface area contributed by atoms with E-state index in [4.69, 9.17) is 16.3 Å². The fourth-order valence-corrected chi connectivity index (χ4v) is 2.53. The summed E-state index contributed by atoms with van der Waals surface area (Å²) in [6.45, 7) is 3.44. The monoisotopic (exact) mass is 285 g/mol. The van der Waals surface area contributed by atoms with E-state index in [0.717, 1.165) is 37.1 Å². The summed E-state index contributed by atoms with van der Waals surface area (Å²) >= 11 is 6.14. The van der Waals surface area contributed by atoms with Crippen LogP contribution in [-0.4, -0.2) is 40.4 Å². The summed E-state index contributed by atoms with van der Waals surface area (Å²) in [5.41, 5.74) is 0.560. The predicted octanol–water partition coefficient (Wildman–Crippen LogP) is 2.04. The molecule has 1 aliphatic rings. The van der Waals surface area contributed by atoms with Gasteiger partial charge in [0.2, 0.25) is 0 Å². The number of halogens is 1. The van der Waals surface area contributed by atoms with Gasteiger partial charge in [0.1, 0.15) is 17.3 Å². The average Bonchev–Trinajstić information content (AvgIpc) is 2.44. The Balaban J connectivity index is 2.23. The van der Waals surface area contributed by atoms with Crippen molar-refractivity contribution in [2.45, 2.75) is 38.1 Å². The number of aliphatic hydroxyl groups is 1. The van der Waals surface area contributed by atoms with Crippen LogP contribution >= 0.6 is 11.6 Å². The van der Waals surface area contributed by atoms with E-state index in [1.165, 1.54) is 6.33 Å². The van der Waals surface area contributed by atoms with Crippen molar-refractivity contribution < 1.29 is 9.84 Å². The molecule has 1 aromatic rings. The topological polar surface area (TPSA) is 67.3 Å². The van der Waals surface area contributed by atoms with E-state index in [9.17, 15) is 5.11 Å². The van der Waals surface area contributed by atoms with Gasteiger partial charge in [-0.3, -0.25) is 0 Å². The number of rotatable bonds is 5. The Morgan fingerprint density at radius 2 is 2.16 bits per heavy atom. The molecule has 0 spiro atoms. The zero-order valence-electron chi connectivity index (χ0n) is 11.2. The second kappa shape index (κ2) is 6.50. The Morgan fingerprint density at radius 3 is 2.79 bits per heavy atom. The van der Waals surface area contributed by atoms with Crippen molar-refractivity contribution in [3.05, 3.63) is 17.0 Å². The molecule has 0 unspecified atom stereocenters. The first-order valence-corrected chi connectivity index (χ1v) is 7.05. The number of aromatic nitrogens is 2. The normalized spacial score (nSPS) is 18.3. The van der Waals surface area contributed by atoms with E-state index < -0.39 is 0 Å². The molecule has 0 saturated carbocycles. The maximum atomic E-state index is 9.70. The summed E-state index contributed by atoms with van der Waals surface area (Å²) in [4.78, 5) is 8.31. The van der Waals surface area contributed by atoms with Gasteiger partial charge in [-0.15, -0.1) is 0 Å². The molecule has 2 heterocycles. The standard InChI is InChI=1S/C13H20ClN3O2/c1-2-3-10-11(14)15-9-16-12(10)17-13(8-18)4-6-19-7-5-13/h9,18H,2-8H2,1H3,(H,15,16,17). The summed E-state index contributed by atoms with van der Waals surface area (Å²) in [6, 6.07) is 0. The van der Waals surface area contributed by atoms with Crippen LogP contribution < -0.4 is 5.32 Å². The molecule has 19 heavy (non-hydrogen) atoms. The van der Waals surface area contributed by atoms with Crippen LogP contribution in [0.4, 0.5) is 5.82 Å². The molecule has 6 heteroatoms. The first-order valence-electron chi connectivity index (χ1n) is 6.67. The van der Waals surface area contributed by atoms with E-state index in [0.29, 0.717) is 18.4 Å². The lowest BCUT2D eigenvalue weighted by atomic mass is 9.90. The van der Waals surface area contributed by atoms with Crippen molar-refractivity contribution in [1.29, 1.82) is 0 Å². The second-order valence-electron chi connectivity index (χ2n) is 4.92. The van der Waals surface area contributed by atoms with Crippen molar-refractivity contribution in [3.8, 4) is 0 Å². The minimum Gasteiger partial charge on any atom is -0.394 e. The number of nitrogens with one attached hydrogen (secondary N) is 1. The predicted molar refractivity (Wildman–Crippen MR) is 74.5 cm³/mol. The van der Waals surface area contributed by atoms with Gasteiger partial charge in [-0.2, -0.15) is 0 Å². The highest BCUT2D eigenvalue weighted by atomic mass is 35.5. The zero-order valence-corrected chi connectivity index (χ0v) is 11.9. The highest BCUT2D eigenvalue weighted by molar-refractivity contribution is 6.30. The lowest BCUT2D eigenvalue weighted by Crippen LogP contribution is -2.47. The van der Waals surface area contributed by atoms with Gasteiger partial charge >= 0.3 is 0 Å². The number of anilines is 1. The van der Waals surface area contributed by atoms with Crippen molar-refractivity contribution in [3.63, 3.8) is 0 Å². The van der Waals surface area contributed by atoms with Crippen molar-refractivity contribution >= 4 is 17.4 Å². The highest BCUT2D eigenvalue weighted by Crippen LogP contribution is 2.29. The maximum Gasteiger partial charge on any atom is 0.137 e. The van der Waals surface area contributed by atoms with Crippen LogP contribution in [0.15, 0.2) is 6.33 Å². The first kappa shape index (κ1) is 14.5. The summed E-state index contributed by atoms with van der Waals surface area (Å²) in [5.74, 6) is 0.734. The molecule has 0 bridgehead atoms. The lowest BCUT2D eigenvalue weighted by molar-refractivity contribution is 0.0378. The van der Waals surface area contributed by atoms with Crippen LogP contribution in [0.25, 0.3) is 0 Å². The van der Waals surface area contributed by atoms with Gasteiger partial charge in [0.15, 0.2) is 0 Å². The van der Waals surface area contributed by atoms with Gasteiger partial charge < -0.3 is 15.2 Å². The van der Waals surface area contributed by atoms with Gasteiger partial charge in [-0.05, 0) is 19.3 Å².